The maximum Gasteiger partial charge on any atom is 0.231 e. The lowest BCUT2D eigenvalue weighted by Crippen LogP contribution is -2.15. The van der Waals surface area contributed by atoms with Gasteiger partial charge in [-0.2, -0.15) is 16.9 Å². The highest BCUT2D eigenvalue weighted by molar-refractivity contribution is 7.98. The lowest BCUT2D eigenvalue weighted by Gasteiger charge is -2.16. The van der Waals surface area contributed by atoms with Crippen molar-refractivity contribution in [2.75, 3.05) is 11.6 Å². The number of pyridine rings is 1. The molecule has 0 spiro atoms. The summed E-state index contributed by atoms with van der Waals surface area (Å²) in [4.78, 5) is 16.3. The zero-order valence-electron chi connectivity index (χ0n) is 16.6. The number of benzene rings is 1. The molecule has 0 saturated heterocycles. The van der Waals surface area contributed by atoms with Crippen molar-refractivity contribution in [3.8, 4) is 11.1 Å². The van der Waals surface area contributed by atoms with Gasteiger partial charge in [0.05, 0.1) is 28.9 Å². The summed E-state index contributed by atoms with van der Waals surface area (Å²) in [5.74, 6) is -1.12. The zero-order valence-corrected chi connectivity index (χ0v) is 18.2. The van der Waals surface area contributed by atoms with E-state index >= 15 is 4.39 Å². The lowest BCUT2D eigenvalue weighted by atomic mass is 9.98. The number of thioether (sulfide) groups is 1. The second-order valence-electron chi connectivity index (χ2n) is 7.61. The van der Waals surface area contributed by atoms with E-state index in [2.05, 4.69) is 20.5 Å². The molecule has 160 valence electrons. The number of hydrogen-bond acceptors (Lipinski definition) is 4. The standard InChI is InChI=1S/C21H18ClF2N5OS/c1-9(31-2)16-19(24)18(22)17(12-6-25-28-20(12)16)10-3-4-15-26-14(8-29(15)7-10)27-21(30)11-5-13(11)23/h3-4,6-9,11,13H,5H2,1-2H3,(H,25,28)(H,27,30)/t9?,11-,13+/m1/s1. The van der Waals surface area contributed by atoms with Crippen molar-refractivity contribution < 1.29 is 13.6 Å². The number of imidazole rings is 1. The highest BCUT2D eigenvalue weighted by Gasteiger charge is 2.43. The monoisotopic (exact) mass is 461 g/mol. The van der Waals surface area contributed by atoms with Crippen molar-refractivity contribution in [2.45, 2.75) is 24.8 Å². The maximum atomic E-state index is 15.3. The highest BCUT2D eigenvalue weighted by atomic mass is 35.5. The number of H-pyrrole nitrogens is 1. The first-order valence-electron chi connectivity index (χ1n) is 9.69. The van der Waals surface area contributed by atoms with Crippen LogP contribution >= 0.6 is 23.4 Å². The van der Waals surface area contributed by atoms with Crippen LogP contribution in [-0.2, 0) is 4.79 Å². The third-order valence-electron chi connectivity index (χ3n) is 5.63. The summed E-state index contributed by atoms with van der Waals surface area (Å²) in [6.45, 7) is 1.92. The van der Waals surface area contributed by atoms with E-state index in [0.717, 1.165) is 5.39 Å². The molecule has 0 aliphatic heterocycles. The molecule has 6 nitrogen and oxygen atoms in total. The molecule has 1 unspecified atom stereocenters. The van der Waals surface area contributed by atoms with E-state index in [1.165, 1.54) is 11.8 Å². The van der Waals surface area contributed by atoms with Crippen molar-refractivity contribution >= 4 is 51.6 Å². The molecule has 1 amide bonds. The van der Waals surface area contributed by atoms with Gasteiger partial charge in [-0.05, 0) is 31.7 Å². The van der Waals surface area contributed by atoms with Crippen molar-refractivity contribution in [1.82, 2.24) is 19.6 Å². The molecule has 0 bridgehead atoms. The van der Waals surface area contributed by atoms with Crippen LogP contribution < -0.4 is 5.32 Å². The van der Waals surface area contributed by atoms with Crippen LogP contribution in [0.2, 0.25) is 5.02 Å². The molecule has 5 rings (SSSR count). The highest BCUT2D eigenvalue weighted by Crippen LogP contribution is 2.43. The number of nitrogens with one attached hydrogen (secondary N) is 2. The number of carbonyl (C=O) groups is 1. The van der Waals surface area contributed by atoms with Gasteiger partial charge < -0.3 is 9.72 Å². The molecule has 3 heterocycles. The molecule has 1 aromatic carbocycles. The van der Waals surface area contributed by atoms with E-state index in [1.54, 1.807) is 35.1 Å². The van der Waals surface area contributed by atoms with Gasteiger partial charge in [0, 0.05) is 33.5 Å². The minimum absolute atomic E-state index is 0.0283. The number of alkyl halides is 1. The molecule has 31 heavy (non-hydrogen) atoms. The fraction of sp³-hybridized carbons (Fsp3) is 0.286. The second kappa shape index (κ2) is 7.49. The normalized spacial score (nSPS) is 19.1. The Morgan fingerprint density at radius 1 is 1.42 bits per heavy atom. The molecule has 0 radical (unpaired) electrons. The largest absolute Gasteiger partial charge is 0.309 e. The number of hydrogen-bond donors (Lipinski definition) is 2. The predicted molar refractivity (Wildman–Crippen MR) is 119 cm³/mol. The fourth-order valence-corrected chi connectivity index (χ4v) is 4.54. The molecule has 4 aromatic rings. The number of halogens is 3. The minimum atomic E-state index is -1.07. The van der Waals surface area contributed by atoms with Gasteiger partial charge >= 0.3 is 0 Å². The van der Waals surface area contributed by atoms with E-state index in [4.69, 9.17) is 11.6 Å². The first-order valence-corrected chi connectivity index (χ1v) is 11.4. The molecule has 3 aromatic heterocycles. The lowest BCUT2D eigenvalue weighted by molar-refractivity contribution is -0.117. The van der Waals surface area contributed by atoms with Gasteiger partial charge in [0.25, 0.3) is 0 Å². The second-order valence-corrected chi connectivity index (χ2v) is 9.17. The number of carbonyl (C=O) groups excluding carboxylic acids is 1. The van der Waals surface area contributed by atoms with Gasteiger partial charge in [-0.1, -0.05) is 11.6 Å². The molecular formula is C21H18ClF2N5OS. The average molecular weight is 462 g/mol. The zero-order chi connectivity index (χ0) is 21.9. The van der Waals surface area contributed by atoms with Gasteiger partial charge in [0.2, 0.25) is 5.91 Å². The van der Waals surface area contributed by atoms with Crippen LogP contribution in [0.25, 0.3) is 27.7 Å². The Labute approximate surface area is 185 Å². The van der Waals surface area contributed by atoms with Gasteiger partial charge in [-0.25, -0.2) is 13.8 Å². The molecule has 2 N–H and O–H groups in total. The molecule has 1 aliphatic carbocycles. The van der Waals surface area contributed by atoms with E-state index in [1.807, 2.05) is 13.2 Å². The number of nitrogens with zero attached hydrogens (tertiary/aromatic N) is 3. The molecule has 1 aliphatic rings. The number of amides is 1. The van der Waals surface area contributed by atoms with Gasteiger partial charge in [-0.15, -0.1) is 0 Å². The Balaban J connectivity index is 1.58. The van der Waals surface area contributed by atoms with Crippen LogP contribution in [0.4, 0.5) is 14.6 Å². The first-order chi connectivity index (χ1) is 14.9. The molecular weight excluding hydrogens is 444 g/mol. The Hall–Kier alpha value is -2.65. The molecule has 1 fully saturated rings. The summed E-state index contributed by atoms with van der Waals surface area (Å²) in [6, 6.07) is 3.54. The molecule has 3 atom stereocenters. The first kappa shape index (κ1) is 20.3. The smallest absolute Gasteiger partial charge is 0.231 e. The Morgan fingerprint density at radius 3 is 2.90 bits per heavy atom. The summed E-state index contributed by atoms with van der Waals surface area (Å²) in [6.07, 6.45) is 6.12. The van der Waals surface area contributed by atoms with Crippen LogP contribution in [0.1, 0.15) is 24.2 Å². The van der Waals surface area contributed by atoms with E-state index in [9.17, 15) is 9.18 Å². The Morgan fingerprint density at radius 2 is 2.19 bits per heavy atom. The van der Waals surface area contributed by atoms with E-state index in [-0.39, 0.29) is 22.6 Å². The Kier molecular flexibility index (Phi) is 4.90. The van der Waals surface area contributed by atoms with Crippen LogP contribution in [-0.4, -0.2) is 37.9 Å². The third kappa shape index (κ3) is 3.36. The van der Waals surface area contributed by atoms with Crippen LogP contribution in [0.5, 0.6) is 0 Å². The number of anilines is 1. The number of aromatic nitrogens is 4. The van der Waals surface area contributed by atoms with Gasteiger partial charge in [0.1, 0.15) is 17.6 Å². The van der Waals surface area contributed by atoms with Crippen LogP contribution in [0.3, 0.4) is 0 Å². The number of aromatic amines is 1. The van der Waals surface area contributed by atoms with Crippen LogP contribution in [0.15, 0.2) is 30.7 Å². The van der Waals surface area contributed by atoms with E-state index in [0.29, 0.717) is 33.7 Å². The summed E-state index contributed by atoms with van der Waals surface area (Å²) in [7, 11) is 0. The fourth-order valence-electron chi connectivity index (χ4n) is 3.77. The predicted octanol–water partition coefficient (Wildman–Crippen LogP) is 5.39. The van der Waals surface area contributed by atoms with Gasteiger partial charge in [0.15, 0.2) is 5.82 Å². The molecule has 10 heteroatoms. The average Bonchev–Trinajstić information content (AvgIpc) is 3.12. The van der Waals surface area contributed by atoms with E-state index < -0.39 is 17.9 Å². The number of rotatable bonds is 5. The maximum absolute atomic E-state index is 15.3. The number of fused-ring (bicyclic) bond motifs is 2. The van der Waals surface area contributed by atoms with Crippen molar-refractivity contribution in [3.63, 3.8) is 0 Å². The molecule has 1 saturated carbocycles. The summed E-state index contributed by atoms with van der Waals surface area (Å²) < 4.78 is 30.1. The van der Waals surface area contributed by atoms with Crippen molar-refractivity contribution in [3.05, 3.63) is 47.1 Å². The van der Waals surface area contributed by atoms with Crippen molar-refractivity contribution in [2.24, 2.45) is 5.92 Å². The summed E-state index contributed by atoms with van der Waals surface area (Å²) in [5, 5.41) is 10.3. The minimum Gasteiger partial charge on any atom is -0.309 e. The van der Waals surface area contributed by atoms with Crippen molar-refractivity contribution in [1.29, 1.82) is 0 Å². The van der Waals surface area contributed by atoms with Crippen LogP contribution in [0, 0.1) is 11.7 Å². The summed E-state index contributed by atoms with van der Waals surface area (Å²) in [5.41, 5.74) is 2.89. The SMILES string of the molecule is CSC(C)c1c(F)c(Cl)c(-c2ccc3nc(NC(=O)[C@@H]4C[C@@H]4F)cn3c2)c2cn[nH]c12. The third-order valence-corrected chi connectivity index (χ3v) is 6.92. The topological polar surface area (TPSA) is 75.1 Å². The van der Waals surface area contributed by atoms with Gasteiger partial charge in [-0.3, -0.25) is 9.89 Å². The summed E-state index contributed by atoms with van der Waals surface area (Å²) >= 11 is 8.03. The quantitative estimate of drug-likeness (QED) is 0.418. The Bertz CT molecular complexity index is 1340.